The lowest BCUT2D eigenvalue weighted by molar-refractivity contribution is 0.0951. The second-order valence-electron chi connectivity index (χ2n) is 5.04. The lowest BCUT2D eigenvalue weighted by Gasteiger charge is -2.10. The third kappa shape index (κ3) is 3.96. The van der Waals surface area contributed by atoms with Gasteiger partial charge in [0.25, 0.3) is 5.91 Å². The highest BCUT2D eigenvalue weighted by Crippen LogP contribution is 2.27. The molecule has 0 saturated heterocycles. The first-order valence-corrected chi connectivity index (χ1v) is 7.61. The number of rotatable bonds is 5. The highest BCUT2D eigenvalue weighted by atomic mass is 79.9. The summed E-state index contributed by atoms with van der Waals surface area (Å²) in [6.07, 6.45) is 6.45. The van der Waals surface area contributed by atoms with Gasteiger partial charge < -0.3 is 10.1 Å². The summed E-state index contributed by atoms with van der Waals surface area (Å²) in [5.74, 6) is 1.53. The summed E-state index contributed by atoms with van der Waals surface area (Å²) in [5, 5.41) is 2.99. The van der Waals surface area contributed by atoms with E-state index in [0.717, 1.165) is 29.1 Å². The normalized spacial score (nSPS) is 15.5. The van der Waals surface area contributed by atoms with Crippen LogP contribution in [0.15, 0.2) is 22.7 Å². The van der Waals surface area contributed by atoms with Crippen molar-refractivity contribution >= 4 is 21.8 Å². The topological polar surface area (TPSA) is 38.3 Å². The fourth-order valence-electron chi connectivity index (χ4n) is 2.60. The van der Waals surface area contributed by atoms with Gasteiger partial charge in [0.1, 0.15) is 5.75 Å². The van der Waals surface area contributed by atoms with Crippen molar-refractivity contribution in [1.29, 1.82) is 0 Å². The van der Waals surface area contributed by atoms with Gasteiger partial charge in [0.2, 0.25) is 0 Å². The summed E-state index contributed by atoms with van der Waals surface area (Å²) >= 11 is 3.39. The monoisotopic (exact) mass is 325 g/mol. The number of amides is 1. The Balaban J connectivity index is 1.83. The minimum absolute atomic E-state index is 0.0126. The molecule has 0 unspecified atom stereocenters. The first-order chi connectivity index (χ1) is 9.20. The number of benzene rings is 1. The van der Waals surface area contributed by atoms with Crippen molar-refractivity contribution in [2.24, 2.45) is 5.92 Å². The van der Waals surface area contributed by atoms with Gasteiger partial charge >= 0.3 is 0 Å². The maximum atomic E-state index is 12.0. The van der Waals surface area contributed by atoms with Crippen LogP contribution in [-0.4, -0.2) is 19.6 Å². The first-order valence-electron chi connectivity index (χ1n) is 6.82. The maximum absolute atomic E-state index is 12.0. The molecule has 2 rings (SSSR count). The summed E-state index contributed by atoms with van der Waals surface area (Å²) in [6, 6.07) is 5.38. The van der Waals surface area contributed by atoms with E-state index in [-0.39, 0.29) is 5.91 Å². The van der Waals surface area contributed by atoms with Crippen LogP contribution in [0.5, 0.6) is 5.75 Å². The number of hydrogen-bond acceptors (Lipinski definition) is 2. The van der Waals surface area contributed by atoms with E-state index in [1.807, 2.05) is 0 Å². The molecule has 1 N–H and O–H groups in total. The Morgan fingerprint density at radius 1 is 1.42 bits per heavy atom. The van der Waals surface area contributed by atoms with E-state index in [2.05, 4.69) is 21.2 Å². The standard InChI is InChI=1S/C15H20BrNO2/c1-19-14-7-6-12(10-13(14)16)15(18)17-9-8-11-4-2-3-5-11/h6-7,10-11H,2-5,8-9H2,1H3,(H,17,18). The van der Waals surface area contributed by atoms with E-state index in [1.165, 1.54) is 25.7 Å². The van der Waals surface area contributed by atoms with Crippen molar-refractivity contribution < 1.29 is 9.53 Å². The van der Waals surface area contributed by atoms with Crippen molar-refractivity contribution in [2.75, 3.05) is 13.7 Å². The first kappa shape index (κ1) is 14.4. The van der Waals surface area contributed by atoms with Crippen LogP contribution in [0.1, 0.15) is 42.5 Å². The van der Waals surface area contributed by atoms with Crippen LogP contribution in [0, 0.1) is 5.92 Å². The van der Waals surface area contributed by atoms with E-state index in [1.54, 1.807) is 25.3 Å². The Morgan fingerprint density at radius 2 is 2.16 bits per heavy atom. The summed E-state index contributed by atoms with van der Waals surface area (Å²) in [6.45, 7) is 0.771. The lowest BCUT2D eigenvalue weighted by atomic mass is 10.0. The van der Waals surface area contributed by atoms with Crippen LogP contribution in [0.2, 0.25) is 0 Å². The molecule has 0 radical (unpaired) electrons. The molecule has 1 amide bonds. The molecule has 1 aromatic carbocycles. The maximum Gasteiger partial charge on any atom is 0.251 e. The molecule has 0 atom stereocenters. The van der Waals surface area contributed by atoms with Gasteiger partial charge in [0.05, 0.1) is 11.6 Å². The van der Waals surface area contributed by atoms with Crippen LogP contribution in [0.4, 0.5) is 0 Å². The minimum Gasteiger partial charge on any atom is -0.496 e. The van der Waals surface area contributed by atoms with E-state index >= 15 is 0 Å². The molecule has 0 bridgehead atoms. The number of halogens is 1. The molecular weight excluding hydrogens is 306 g/mol. The zero-order valence-electron chi connectivity index (χ0n) is 11.2. The summed E-state index contributed by atoms with van der Waals surface area (Å²) in [4.78, 5) is 12.0. The second-order valence-corrected chi connectivity index (χ2v) is 5.90. The third-order valence-corrected chi connectivity index (χ3v) is 4.35. The quantitative estimate of drug-likeness (QED) is 0.894. The average molecular weight is 326 g/mol. The van der Waals surface area contributed by atoms with Gasteiger partial charge in [-0.3, -0.25) is 4.79 Å². The number of ether oxygens (including phenoxy) is 1. The van der Waals surface area contributed by atoms with E-state index in [9.17, 15) is 4.79 Å². The van der Waals surface area contributed by atoms with Crippen LogP contribution in [0.25, 0.3) is 0 Å². The number of nitrogens with one attached hydrogen (secondary N) is 1. The molecule has 3 nitrogen and oxygen atoms in total. The number of carbonyl (C=O) groups is 1. The van der Waals surface area contributed by atoms with Gasteiger partial charge in [0.15, 0.2) is 0 Å². The second kappa shape index (κ2) is 6.94. The fraction of sp³-hybridized carbons (Fsp3) is 0.533. The van der Waals surface area contributed by atoms with Gasteiger partial charge in [-0.25, -0.2) is 0 Å². The molecular formula is C15H20BrNO2. The molecule has 1 aliphatic rings. The Bertz CT molecular complexity index is 442. The fourth-order valence-corrected chi connectivity index (χ4v) is 3.14. The molecule has 1 fully saturated rings. The average Bonchev–Trinajstić information content (AvgIpc) is 2.91. The zero-order chi connectivity index (χ0) is 13.7. The molecule has 104 valence electrons. The Hall–Kier alpha value is -1.03. The molecule has 4 heteroatoms. The van der Waals surface area contributed by atoms with Gasteiger partial charge in [-0.15, -0.1) is 0 Å². The number of methoxy groups -OCH3 is 1. The SMILES string of the molecule is COc1ccc(C(=O)NCCC2CCCC2)cc1Br. The van der Waals surface area contributed by atoms with Crippen molar-refractivity contribution in [1.82, 2.24) is 5.32 Å². The van der Waals surface area contributed by atoms with Crippen LogP contribution in [0.3, 0.4) is 0 Å². The smallest absolute Gasteiger partial charge is 0.251 e. The number of hydrogen-bond donors (Lipinski definition) is 1. The summed E-state index contributed by atoms with van der Waals surface area (Å²) < 4.78 is 5.95. The highest BCUT2D eigenvalue weighted by Gasteiger charge is 2.15. The predicted molar refractivity (Wildman–Crippen MR) is 79.6 cm³/mol. The highest BCUT2D eigenvalue weighted by molar-refractivity contribution is 9.10. The molecule has 0 spiro atoms. The van der Waals surface area contributed by atoms with Crippen LogP contribution >= 0.6 is 15.9 Å². The van der Waals surface area contributed by atoms with Gasteiger partial charge in [-0.2, -0.15) is 0 Å². The molecule has 19 heavy (non-hydrogen) atoms. The Labute approximate surface area is 122 Å². The molecule has 1 saturated carbocycles. The van der Waals surface area contributed by atoms with Gasteiger partial charge in [-0.1, -0.05) is 25.7 Å². The molecule has 1 aromatic rings. The largest absolute Gasteiger partial charge is 0.496 e. The Morgan fingerprint density at radius 3 is 2.79 bits per heavy atom. The van der Waals surface area contributed by atoms with Crippen LogP contribution in [-0.2, 0) is 0 Å². The van der Waals surface area contributed by atoms with E-state index in [4.69, 9.17) is 4.74 Å². The molecule has 0 heterocycles. The van der Waals surface area contributed by atoms with E-state index in [0.29, 0.717) is 5.56 Å². The van der Waals surface area contributed by atoms with E-state index < -0.39 is 0 Å². The van der Waals surface area contributed by atoms with Crippen molar-refractivity contribution in [3.63, 3.8) is 0 Å². The van der Waals surface area contributed by atoms with Crippen molar-refractivity contribution in [3.8, 4) is 5.75 Å². The predicted octanol–water partition coefficient (Wildman–Crippen LogP) is 3.77. The third-order valence-electron chi connectivity index (χ3n) is 3.73. The van der Waals surface area contributed by atoms with Crippen molar-refractivity contribution in [3.05, 3.63) is 28.2 Å². The summed E-state index contributed by atoms with van der Waals surface area (Å²) in [7, 11) is 1.61. The molecule has 0 aromatic heterocycles. The summed E-state index contributed by atoms with van der Waals surface area (Å²) in [5.41, 5.74) is 0.666. The Kier molecular flexibility index (Phi) is 5.25. The molecule has 1 aliphatic carbocycles. The van der Waals surface area contributed by atoms with Crippen molar-refractivity contribution in [2.45, 2.75) is 32.1 Å². The number of carbonyl (C=O) groups excluding carboxylic acids is 1. The zero-order valence-corrected chi connectivity index (χ0v) is 12.8. The van der Waals surface area contributed by atoms with Crippen LogP contribution < -0.4 is 10.1 Å². The minimum atomic E-state index is -0.0126. The lowest BCUT2D eigenvalue weighted by Crippen LogP contribution is -2.25. The molecule has 0 aliphatic heterocycles. The van der Waals surface area contributed by atoms with Gasteiger partial charge in [-0.05, 0) is 46.5 Å². The van der Waals surface area contributed by atoms with Gasteiger partial charge in [0, 0.05) is 12.1 Å².